The maximum Gasteiger partial charge on any atom is 0.417 e. The van der Waals surface area contributed by atoms with Crippen molar-refractivity contribution < 1.29 is 18.0 Å². The Morgan fingerprint density at radius 3 is 2.57 bits per heavy atom. The van der Waals surface area contributed by atoms with Gasteiger partial charge >= 0.3 is 6.18 Å². The number of nitrogens with one attached hydrogen (secondary N) is 1. The molecule has 0 aliphatic rings. The van der Waals surface area contributed by atoms with Gasteiger partial charge in [-0.2, -0.15) is 13.2 Å². The number of carbonyl (C=O) groups excluding carboxylic acids is 1. The predicted octanol–water partition coefficient (Wildman–Crippen LogP) is 4.53. The lowest BCUT2D eigenvalue weighted by Gasteiger charge is -2.11. The van der Waals surface area contributed by atoms with Crippen LogP contribution in [0.1, 0.15) is 27.2 Å². The van der Waals surface area contributed by atoms with Crippen LogP contribution in [0.4, 0.5) is 18.9 Å². The van der Waals surface area contributed by atoms with Crippen LogP contribution < -0.4 is 5.32 Å². The van der Waals surface area contributed by atoms with Gasteiger partial charge in [0.1, 0.15) is 5.69 Å². The third-order valence-electron chi connectivity index (χ3n) is 3.31. The van der Waals surface area contributed by atoms with E-state index in [0.29, 0.717) is 6.20 Å². The Hall–Kier alpha value is -2.08. The van der Waals surface area contributed by atoms with Crippen molar-refractivity contribution in [2.75, 3.05) is 12.4 Å². The van der Waals surface area contributed by atoms with Crippen LogP contribution in [-0.2, 0) is 12.6 Å². The number of rotatable bonds is 4. The number of Topliss-reactive ketones (excluding diaryl/α,β-unsaturated/α-hetero) is 1. The van der Waals surface area contributed by atoms with Gasteiger partial charge in [-0.05, 0) is 24.6 Å². The summed E-state index contributed by atoms with van der Waals surface area (Å²) in [6.07, 6.45) is -3.93. The summed E-state index contributed by atoms with van der Waals surface area (Å²) in [4.78, 5) is 15.9. The topological polar surface area (TPSA) is 42.0 Å². The molecule has 0 unspecified atom stereocenters. The van der Waals surface area contributed by atoms with Crippen molar-refractivity contribution in [1.82, 2.24) is 4.98 Å². The van der Waals surface area contributed by atoms with E-state index in [1.807, 2.05) is 25.1 Å². The molecule has 0 radical (unpaired) electrons. The summed E-state index contributed by atoms with van der Waals surface area (Å²) in [6, 6.07) is 6.28. The molecule has 0 amide bonds. The van der Waals surface area contributed by atoms with Crippen LogP contribution in [0.5, 0.6) is 0 Å². The van der Waals surface area contributed by atoms with Crippen molar-refractivity contribution in [2.24, 2.45) is 0 Å². The molecule has 1 heterocycles. The lowest BCUT2D eigenvalue weighted by atomic mass is 10.0. The first-order valence-corrected chi connectivity index (χ1v) is 7.13. The largest absolute Gasteiger partial charge is 0.417 e. The second-order valence-electron chi connectivity index (χ2n) is 5.06. The zero-order chi connectivity index (χ0) is 17.2. The highest BCUT2D eigenvalue weighted by Crippen LogP contribution is 2.31. The Balaban J connectivity index is 2.30. The highest BCUT2D eigenvalue weighted by atomic mass is 35.5. The molecule has 0 aliphatic carbocycles. The van der Waals surface area contributed by atoms with Crippen LogP contribution in [-0.4, -0.2) is 17.8 Å². The summed E-state index contributed by atoms with van der Waals surface area (Å²) in [7, 11) is 1.72. The quantitative estimate of drug-likeness (QED) is 0.830. The fourth-order valence-corrected chi connectivity index (χ4v) is 2.44. The van der Waals surface area contributed by atoms with Gasteiger partial charge in [-0.15, -0.1) is 0 Å². The summed E-state index contributed by atoms with van der Waals surface area (Å²) in [6.45, 7) is 1.89. The van der Waals surface area contributed by atoms with E-state index in [1.165, 1.54) is 0 Å². The zero-order valence-electron chi connectivity index (χ0n) is 12.5. The molecule has 0 atom stereocenters. The molecule has 1 N–H and O–H groups in total. The summed E-state index contributed by atoms with van der Waals surface area (Å²) in [5.74, 6) is -0.439. The number of aromatic nitrogens is 1. The first kappa shape index (κ1) is 17.3. The molecule has 0 saturated heterocycles. The fourth-order valence-electron chi connectivity index (χ4n) is 2.17. The minimum atomic E-state index is -4.55. The standard InChI is InChI=1S/C16H14ClF3N2O/c1-9-3-4-13(21-2)10(5-9)6-14(23)15-12(17)7-11(8-22-15)16(18,19)20/h3-5,7-8,21H,6H2,1-2H3. The van der Waals surface area contributed by atoms with Crippen LogP contribution in [0.2, 0.25) is 5.02 Å². The number of hydrogen-bond acceptors (Lipinski definition) is 3. The number of pyridine rings is 1. The molecular weight excluding hydrogens is 329 g/mol. The zero-order valence-corrected chi connectivity index (χ0v) is 13.2. The van der Waals surface area contributed by atoms with Crippen LogP contribution in [0, 0.1) is 6.92 Å². The van der Waals surface area contributed by atoms with Gasteiger partial charge in [-0.1, -0.05) is 29.3 Å². The Morgan fingerprint density at radius 2 is 2.00 bits per heavy atom. The van der Waals surface area contributed by atoms with Crippen molar-refractivity contribution >= 4 is 23.1 Å². The molecular formula is C16H14ClF3N2O. The first-order chi connectivity index (χ1) is 10.7. The molecule has 0 bridgehead atoms. The number of anilines is 1. The second-order valence-corrected chi connectivity index (χ2v) is 5.47. The molecule has 122 valence electrons. The second kappa shape index (κ2) is 6.58. The Kier molecular flexibility index (Phi) is 4.94. The number of carbonyl (C=O) groups is 1. The predicted molar refractivity (Wildman–Crippen MR) is 83.0 cm³/mol. The van der Waals surface area contributed by atoms with Crippen LogP contribution in [0.3, 0.4) is 0 Å². The Morgan fingerprint density at radius 1 is 1.30 bits per heavy atom. The lowest BCUT2D eigenvalue weighted by molar-refractivity contribution is -0.137. The average Bonchev–Trinajstić information content (AvgIpc) is 2.46. The maximum atomic E-state index is 12.6. The molecule has 0 aliphatic heterocycles. The molecule has 1 aromatic carbocycles. The number of ketones is 1. The monoisotopic (exact) mass is 342 g/mol. The number of nitrogens with zero attached hydrogens (tertiary/aromatic N) is 1. The van der Waals surface area contributed by atoms with Gasteiger partial charge in [-0.25, -0.2) is 0 Å². The highest BCUT2D eigenvalue weighted by molar-refractivity contribution is 6.33. The molecule has 0 saturated carbocycles. The molecule has 2 aromatic rings. The molecule has 3 nitrogen and oxygen atoms in total. The molecule has 1 aromatic heterocycles. The van der Waals surface area contributed by atoms with Crippen molar-refractivity contribution in [3.05, 3.63) is 57.9 Å². The van der Waals surface area contributed by atoms with E-state index in [-0.39, 0.29) is 17.1 Å². The smallest absolute Gasteiger partial charge is 0.388 e. The average molecular weight is 343 g/mol. The number of alkyl halides is 3. The van der Waals surface area contributed by atoms with Gasteiger partial charge in [0.05, 0.1) is 10.6 Å². The number of aryl methyl sites for hydroxylation is 1. The normalized spacial score (nSPS) is 11.4. The van der Waals surface area contributed by atoms with Crippen molar-refractivity contribution in [3.63, 3.8) is 0 Å². The van der Waals surface area contributed by atoms with Gasteiger partial charge in [0.15, 0.2) is 5.78 Å². The summed E-state index contributed by atoms with van der Waals surface area (Å²) >= 11 is 5.80. The lowest BCUT2D eigenvalue weighted by Crippen LogP contribution is -2.12. The fraction of sp³-hybridized carbons (Fsp3) is 0.250. The van der Waals surface area contributed by atoms with Crippen LogP contribution >= 0.6 is 11.6 Å². The van der Waals surface area contributed by atoms with Gasteiger partial charge < -0.3 is 5.32 Å². The number of benzene rings is 1. The number of hydrogen-bond donors (Lipinski definition) is 1. The molecule has 2 rings (SSSR count). The molecule has 7 heteroatoms. The van der Waals surface area contributed by atoms with E-state index >= 15 is 0 Å². The summed E-state index contributed by atoms with van der Waals surface area (Å²) in [5.41, 5.74) is 1.33. The van der Waals surface area contributed by atoms with Crippen LogP contribution in [0.25, 0.3) is 0 Å². The minimum Gasteiger partial charge on any atom is -0.388 e. The van der Waals surface area contributed by atoms with E-state index in [9.17, 15) is 18.0 Å². The SMILES string of the molecule is CNc1ccc(C)cc1CC(=O)c1ncc(C(F)(F)F)cc1Cl. The minimum absolute atomic E-state index is 0.00403. The third kappa shape index (κ3) is 4.01. The van der Waals surface area contributed by atoms with E-state index in [0.717, 1.165) is 22.9 Å². The highest BCUT2D eigenvalue weighted by Gasteiger charge is 2.32. The maximum absolute atomic E-state index is 12.6. The van der Waals surface area contributed by atoms with E-state index in [2.05, 4.69) is 10.3 Å². The van der Waals surface area contributed by atoms with Crippen molar-refractivity contribution in [2.45, 2.75) is 19.5 Å². The Labute approximate surface area is 136 Å². The van der Waals surface area contributed by atoms with E-state index < -0.39 is 17.5 Å². The van der Waals surface area contributed by atoms with Crippen LogP contribution in [0.15, 0.2) is 30.5 Å². The Bertz CT molecular complexity index is 745. The van der Waals surface area contributed by atoms with E-state index in [4.69, 9.17) is 11.6 Å². The van der Waals surface area contributed by atoms with Crippen molar-refractivity contribution in [3.8, 4) is 0 Å². The van der Waals surface area contributed by atoms with Gasteiger partial charge in [-0.3, -0.25) is 9.78 Å². The summed E-state index contributed by atoms with van der Waals surface area (Å²) < 4.78 is 37.8. The van der Waals surface area contributed by atoms with Gasteiger partial charge in [0, 0.05) is 25.4 Å². The summed E-state index contributed by atoms with van der Waals surface area (Å²) in [5, 5.41) is 2.67. The first-order valence-electron chi connectivity index (χ1n) is 6.75. The van der Waals surface area contributed by atoms with Gasteiger partial charge in [0.2, 0.25) is 0 Å². The molecule has 0 fully saturated rings. The molecule has 0 spiro atoms. The molecule has 23 heavy (non-hydrogen) atoms. The van der Waals surface area contributed by atoms with Crippen molar-refractivity contribution in [1.29, 1.82) is 0 Å². The number of halogens is 4. The van der Waals surface area contributed by atoms with E-state index in [1.54, 1.807) is 7.05 Å². The van der Waals surface area contributed by atoms with Gasteiger partial charge in [0.25, 0.3) is 0 Å². The third-order valence-corrected chi connectivity index (χ3v) is 3.60.